The molecule has 1 rings (SSSR count). The standard InChI is InChI=1S/C12H14F2O2/c1-12(2,11(15)16)9-6-4-3-5-8(9)7-10(13)14/h3-6,10H,7H2,1-2H3,(H,15,16). The van der Waals surface area contributed by atoms with Crippen LogP contribution in [0.5, 0.6) is 0 Å². The third kappa shape index (κ3) is 2.56. The van der Waals surface area contributed by atoms with Crippen LogP contribution >= 0.6 is 0 Å². The highest BCUT2D eigenvalue weighted by atomic mass is 19.3. The Morgan fingerprint density at radius 2 is 1.94 bits per heavy atom. The maximum Gasteiger partial charge on any atom is 0.313 e. The second-order valence-electron chi connectivity index (χ2n) is 4.18. The van der Waals surface area contributed by atoms with E-state index in [0.29, 0.717) is 11.1 Å². The molecule has 0 unspecified atom stereocenters. The number of carboxylic acid groups (broad SMARTS) is 1. The Hall–Kier alpha value is -1.45. The number of rotatable bonds is 4. The summed E-state index contributed by atoms with van der Waals surface area (Å²) in [5.74, 6) is -1.02. The van der Waals surface area contributed by atoms with E-state index < -0.39 is 24.2 Å². The van der Waals surface area contributed by atoms with Gasteiger partial charge in [0.1, 0.15) is 0 Å². The summed E-state index contributed by atoms with van der Waals surface area (Å²) in [6, 6.07) is 6.44. The highest BCUT2D eigenvalue weighted by molar-refractivity contribution is 5.80. The van der Waals surface area contributed by atoms with Crippen molar-refractivity contribution in [3.63, 3.8) is 0 Å². The van der Waals surface area contributed by atoms with Gasteiger partial charge in [0.15, 0.2) is 0 Å². The van der Waals surface area contributed by atoms with Crippen LogP contribution in [-0.2, 0) is 16.6 Å². The number of benzene rings is 1. The maximum absolute atomic E-state index is 12.3. The Labute approximate surface area is 92.9 Å². The lowest BCUT2D eigenvalue weighted by Crippen LogP contribution is -2.30. The molecule has 0 bridgehead atoms. The van der Waals surface area contributed by atoms with Gasteiger partial charge in [0, 0.05) is 6.42 Å². The van der Waals surface area contributed by atoms with E-state index in [2.05, 4.69) is 0 Å². The molecule has 0 heterocycles. The molecule has 16 heavy (non-hydrogen) atoms. The summed E-state index contributed by atoms with van der Waals surface area (Å²) in [7, 11) is 0. The molecule has 1 N–H and O–H groups in total. The molecule has 0 saturated heterocycles. The first-order chi connectivity index (χ1) is 7.35. The van der Waals surface area contributed by atoms with Gasteiger partial charge in [-0.15, -0.1) is 0 Å². The van der Waals surface area contributed by atoms with Crippen LogP contribution in [0.4, 0.5) is 8.78 Å². The monoisotopic (exact) mass is 228 g/mol. The van der Waals surface area contributed by atoms with Crippen LogP contribution in [0.3, 0.4) is 0 Å². The number of halogens is 2. The van der Waals surface area contributed by atoms with Crippen molar-refractivity contribution in [3.05, 3.63) is 35.4 Å². The van der Waals surface area contributed by atoms with Crippen molar-refractivity contribution >= 4 is 5.97 Å². The molecule has 88 valence electrons. The van der Waals surface area contributed by atoms with Crippen LogP contribution in [0, 0.1) is 0 Å². The first-order valence-electron chi connectivity index (χ1n) is 4.95. The van der Waals surface area contributed by atoms with Crippen LogP contribution in [0.1, 0.15) is 25.0 Å². The number of alkyl halides is 2. The van der Waals surface area contributed by atoms with Gasteiger partial charge in [-0.3, -0.25) is 4.79 Å². The van der Waals surface area contributed by atoms with Crippen LogP contribution in [0.2, 0.25) is 0 Å². The van der Waals surface area contributed by atoms with Gasteiger partial charge < -0.3 is 5.11 Å². The molecule has 0 aliphatic rings. The van der Waals surface area contributed by atoms with E-state index in [1.807, 2.05) is 0 Å². The first-order valence-corrected chi connectivity index (χ1v) is 4.95. The third-order valence-electron chi connectivity index (χ3n) is 2.60. The fourth-order valence-corrected chi connectivity index (χ4v) is 1.59. The summed E-state index contributed by atoms with van der Waals surface area (Å²) in [5.41, 5.74) is -0.307. The van der Waals surface area contributed by atoms with Gasteiger partial charge in [-0.25, -0.2) is 8.78 Å². The number of hydrogen-bond donors (Lipinski definition) is 1. The van der Waals surface area contributed by atoms with E-state index in [0.717, 1.165) is 0 Å². The van der Waals surface area contributed by atoms with E-state index >= 15 is 0 Å². The van der Waals surface area contributed by atoms with Crippen molar-refractivity contribution in [2.24, 2.45) is 0 Å². The van der Waals surface area contributed by atoms with Crippen molar-refractivity contribution in [3.8, 4) is 0 Å². The average Bonchev–Trinajstić information content (AvgIpc) is 2.17. The van der Waals surface area contributed by atoms with E-state index in [1.54, 1.807) is 24.3 Å². The highest BCUT2D eigenvalue weighted by Crippen LogP contribution is 2.28. The minimum atomic E-state index is -2.47. The lowest BCUT2D eigenvalue weighted by Gasteiger charge is -2.23. The summed E-state index contributed by atoms with van der Waals surface area (Å²) >= 11 is 0. The van der Waals surface area contributed by atoms with Gasteiger partial charge in [-0.2, -0.15) is 0 Å². The largest absolute Gasteiger partial charge is 0.481 e. The van der Waals surface area contributed by atoms with Crippen LogP contribution in [0.25, 0.3) is 0 Å². The lowest BCUT2D eigenvalue weighted by molar-refractivity contribution is -0.142. The molecule has 0 atom stereocenters. The quantitative estimate of drug-likeness (QED) is 0.860. The molecule has 1 aromatic carbocycles. The maximum atomic E-state index is 12.3. The Morgan fingerprint density at radius 3 is 2.44 bits per heavy atom. The summed E-state index contributed by atoms with van der Waals surface area (Å²) in [4.78, 5) is 11.1. The zero-order chi connectivity index (χ0) is 12.3. The minimum Gasteiger partial charge on any atom is -0.481 e. The Balaban J connectivity index is 3.17. The molecule has 0 spiro atoms. The molecule has 0 saturated carbocycles. The van der Waals surface area contributed by atoms with E-state index in [9.17, 15) is 13.6 Å². The van der Waals surface area contributed by atoms with Crippen LogP contribution in [-0.4, -0.2) is 17.5 Å². The van der Waals surface area contributed by atoms with Crippen molar-refractivity contribution in [2.45, 2.75) is 32.1 Å². The normalized spacial score (nSPS) is 11.8. The molecule has 0 aromatic heterocycles. The van der Waals surface area contributed by atoms with E-state index in [-0.39, 0.29) is 0 Å². The van der Waals surface area contributed by atoms with Gasteiger partial charge >= 0.3 is 5.97 Å². The fraction of sp³-hybridized carbons (Fsp3) is 0.417. The molecule has 0 fully saturated rings. The van der Waals surface area contributed by atoms with Crippen molar-refractivity contribution in [1.29, 1.82) is 0 Å². The molecule has 1 aromatic rings. The van der Waals surface area contributed by atoms with Crippen LogP contribution < -0.4 is 0 Å². The molecule has 4 heteroatoms. The summed E-state index contributed by atoms with van der Waals surface area (Å²) in [5, 5.41) is 9.07. The van der Waals surface area contributed by atoms with Gasteiger partial charge in [0.2, 0.25) is 6.43 Å². The number of hydrogen-bond acceptors (Lipinski definition) is 1. The number of carbonyl (C=O) groups is 1. The predicted molar refractivity (Wildman–Crippen MR) is 56.8 cm³/mol. The third-order valence-corrected chi connectivity index (χ3v) is 2.60. The molecule has 0 radical (unpaired) electrons. The van der Waals surface area contributed by atoms with E-state index in [1.165, 1.54) is 13.8 Å². The Kier molecular flexibility index (Phi) is 3.62. The Bertz CT molecular complexity index is 386. The lowest BCUT2D eigenvalue weighted by atomic mass is 9.81. The fourth-order valence-electron chi connectivity index (χ4n) is 1.59. The molecule has 2 nitrogen and oxygen atoms in total. The molecule has 0 aliphatic heterocycles. The van der Waals surface area contributed by atoms with Crippen molar-refractivity contribution in [1.82, 2.24) is 0 Å². The topological polar surface area (TPSA) is 37.3 Å². The zero-order valence-corrected chi connectivity index (χ0v) is 9.21. The van der Waals surface area contributed by atoms with E-state index in [4.69, 9.17) is 5.11 Å². The highest BCUT2D eigenvalue weighted by Gasteiger charge is 2.31. The number of aliphatic carboxylic acids is 1. The van der Waals surface area contributed by atoms with Gasteiger partial charge in [0.25, 0.3) is 0 Å². The average molecular weight is 228 g/mol. The SMILES string of the molecule is CC(C)(C(=O)O)c1ccccc1CC(F)F. The molecule has 0 amide bonds. The van der Waals surface area contributed by atoms with Crippen molar-refractivity contribution < 1.29 is 18.7 Å². The summed E-state index contributed by atoms with van der Waals surface area (Å²) in [6.45, 7) is 3.03. The summed E-state index contributed by atoms with van der Waals surface area (Å²) in [6.07, 6.45) is -2.88. The minimum absolute atomic E-state index is 0.393. The van der Waals surface area contributed by atoms with Gasteiger partial charge in [-0.1, -0.05) is 24.3 Å². The second kappa shape index (κ2) is 4.60. The van der Waals surface area contributed by atoms with Crippen molar-refractivity contribution in [2.75, 3.05) is 0 Å². The predicted octanol–water partition coefficient (Wildman–Crippen LogP) is 2.86. The van der Waals surface area contributed by atoms with Gasteiger partial charge in [0.05, 0.1) is 5.41 Å². The van der Waals surface area contributed by atoms with Crippen LogP contribution in [0.15, 0.2) is 24.3 Å². The first kappa shape index (κ1) is 12.6. The Morgan fingerprint density at radius 1 is 1.38 bits per heavy atom. The molecule has 0 aliphatic carbocycles. The van der Waals surface area contributed by atoms with Gasteiger partial charge in [-0.05, 0) is 25.0 Å². The smallest absolute Gasteiger partial charge is 0.313 e. The molecular weight excluding hydrogens is 214 g/mol. The zero-order valence-electron chi connectivity index (χ0n) is 9.21. The second-order valence-corrected chi connectivity index (χ2v) is 4.18. The number of carboxylic acids is 1. The molecular formula is C12H14F2O2. The summed E-state index contributed by atoms with van der Waals surface area (Å²) < 4.78 is 24.7.